The van der Waals surface area contributed by atoms with Gasteiger partial charge < -0.3 is 9.47 Å². The Bertz CT molecular complexity index is 1160. The molecule has 1 aromatic heterocycles. The van der Waals surface area contributed by atoms with E-state index in [0.29, 0.717) is 13.1 Å². The molecule has 1 fully saturated rings. The standard InChI is InChI=1S/C21H22FN3O3S/c1-16-13-17-5-2-3-8-20(17)25(16)15-21(26)23-9-11-24(12-10-23)29(27,28)19-7-4-6-18(22)14-19/h2-8,13-14H,9-12,15H2,1H3. The minimum Gasteiger partial charge on any atom is -0.339 e. The molecule has 2 heterocycles. The first-order valence-electron chi connectivity index (χ1n) is 9.44. The van der Waals surface area contributed by atoms with E-state index in [1.807, 2.05) is 41.8 Å². The van der Waals surface area contributed by atoms with Gasteiger partial charge in [-0.05, 0) is 42.6 Å². The molecule has 0 N–H and O–H groups in total. The van der Waals surface area contributed by atoms with Crippen molar-refractivity contribution in [2.24, 2.45) is 0 Å². The lowest BCUT2D eigenvalue weighted by Gasteiger charge is -2.34. The fraction of sp³-hybridized carbons (Fsp3) is 0.286. The Balaban J connectivity index is 1.44. The molecule has 1 aliphatic heterocycles. The van der Waals surface area contributed by atoms with Gasteiger partial charge in [0.15, 0.2) is 0 Å². The lowest BCUT2D eigenvalue weighted by Crippen LogP contribution is -2.51. The van der Waals surface area contributed by atoms with Crippen LogP contribution in [0.1, 0.15) is 5.69 Å². The zero-order chi connectivity index (χ0) is 20.6. The van der Waals surface area contributed by atoms with E-state index in [1.54, 1.807) is 4.90 Å². The van der Waals surface area contributed by atoms with E-state index in [0.717, 1.165) is 22.7 Å². The monoisotopic (exact) mass is 415 g/mol. The van der Waals surface area contributed by atoms with Crippen LogP contribution in [-0.2, 0) is 21.4 Å². The molecule has 0 spiro atoms. The summed E-state index contributed by atoms with van der Waals surface area (Å²) in [4.78, 5) is 14.4. The second kappa shape index (κ2) is 7.61. The lowest BCUT2D eigenvalue weighted by molar-refractivity contribution is -0.132. The van der Waals surface area contributed by atoms with Gasteiger partial charge in [-0.1, -0.05) is 24.3 Å². The van der Waals surface area contributed by atoms with Crippen molar-refractivity contribution in [3.8, 4) is 0 Å². The maximum Gasteiger partial charge on any atom is 0.243 e. The van der Waals surface area contributed by atoms with Crippen molar-refractivity contribution >= 4 is 26.8 Å². The van der Waals surface area contributed by atoms with Crippen LogP contribution in [0.5, 0.6) is 0 Å². The summed E-state index contributed by atoms with van der Waals surface area (Å²) >= 11 is 0. The number of aromatic nitrogens is 1. The average Bonchev–Trinajstić information content (AvgIpc) is 3.03. The summed E-state index contributed by atoms with van der Waals surface area (Å²) in [6.07, 6.45) is 0. The van der Waals surface area contributed by atoms with Crippen molar-refractivity contribution in [3.05, 3.63) is 66.1 Å². The molecule has 4 rings (SSSR count). The van der Waals surface area contributed by atoms with E-state index in [1.165, 1.54) is 22.5 Å². The van der Waals surface area contributed by atoms with Crippen LogP contribution >= 0.6 is 0 Å². The van der Waals surface area contributed by atoms with E-state index >= 15 is 0 Å². The molecule has 1 amide bonds. The van der Waals surface area contributed by atoms with Gasteiger partial charge in [0.05, 0.1) is 4.90 Å². The fourth-order valence-corrected chi connectivity index (χ4v) is 5.20. The number of halogens is 1. The number of carbonyl (C=O) groups is 1. The minimum absolute atomic E-state index is 0.0442. The summed E-state index contributed by atoms with van der Waals surface area (Å²) in [7, 11) is -3.77. The van der Waals surface area contributed by atoms with Crippen molar-refractivity contribution in [1.82, 2.24) is 13.8 Å². The highest BCUT2D eigenvalue weighted by atomic mass is 32.2. The van der Waals surface area contributed by atoms with Crippen LogP contribution in [0.3, 0.4) is 0 Å². The number of sulfonamides is 1. The largest absolute Gasteiger partial charge is 0.339 e. The summed E-state index contributed by atoms with van der Waals surface area (Å²) in [5.74, 6) is -0.633. The van der Waals surface area contributed by atoms with E-state index in [4.69, 9.17) is 0 Å². The smallest absolute Gasteiger partial charge is 0.243 e. The molecular weight excluding hydrogens is 393 g/mol. The molecular formula is C21H22FN3O3S. The number of aryl methyl sites for hydroxylation is 1. The Kier molecular flexibility index (Phi) is 5.14. The van der Waals surface area contributed by atoms with Crippen molar-refractivity contribution in [2.75, 3.05) is 26.2 Å². The molecule has 3 aromatic rings. The molecule has 152 valence electrons. The number of nitrogens with zero attached hydrogens (tertiary/aromatic N) is 3. The zero-order valence-electron chi connectivity index (χ0n) is 16.1. The topological polar surface area (TPSA) is 62.6 Å². The molecule has 1 saturated heterocycles. The third-order valence-corrected chi connectivity index (χ3v) is 7.23. The summed E-state index contributed by atoms with van der Waals surface area (Å²) in [6.45, 7) is 3.19. The number of carbonyl (C=O) groups excluding carboxylic acids is 1. The molecule has 1 aliphatic rings. The normalized spacial score (nSPS) is 15.7. The number of hydrogen-bond donors (Lipinski definition) is 0. The third-order valence-electron chi connectivity index (χ3n) is 5.34. The van der Waals surface area contributed by atoms with Gasteiger partial charge in [0, 0.05) is 37.4 Å². The maximum atomic E-state index is 13.4. The van der Waals surface area contributed by atoms with Crippen LogP contribution in [0.2, 0.25) is 0 Å². The number of piperazine rings is 1. The predicted molar refractivity (Wildman–Crippen MR) is 108 cm³/mol. The third kappa shape index (κ3) is 3.77. The van der Waals surface area contributed by atoms with Gasteiger partial charge in [-0.3, -0.25) is 4.79 Å². The number of hydrogen-bond acceptors (Lipinski definition) is 3. The van der Waals surface area contributed by atoms with Crippen LogP contribution in [0.15, 0.2) is 59.5 Å². The fourth-order valence-electron chi connectivity index (χ4n) is 3.75. The van der Waals surface area contributed by atoms with E-state index in [2.05, 4.69) is 0 Å². The second-order valence-electron chi connectivity index (χ2n) is 7.17. The Labute approximate surface area is 169 Å². The van der Waals surface area contributed by atoms with Gasteiger partial charge in [-0.2, -0.15) is 4.31 Å². The average molecular weight is 415 g/mol. The quantitative estimate of drug-likeness (QED) is 0.658. The van der Waals surface area contributed by atoms with Crippen LogP contribution < -0.4 is 0 Å². The number of fused-ring (bicyclic) bond motifs is 1. The molecule has 0 bridgehead atoms. The van der Waals surface area contributed by atoms with Crippen LogP contribution in [0, 0.1) is 12.7 Å². The first-order chi connectivity index (χ1) is 13.9. The Morgan fingerprint density at radius 3 is 2.45 bits per heavy atom. The molecule has 29 heavy (non-hydrogen) atoms. The van der Waals surface area contributed by atoms with Crippen molar-refractivity contribution in [1.29, 1.82) is 0 Å². The number of rotatable bonds is 4. The van der Waals surface area contributed by atoms with Gasteiger partial charge in [-0.25, -0.2) is 12.8 Å². The van der Waals surface area contributed by atoms with Gasteiger partial charge >= 0.3 is 0 Å². The zero-order valence-corrected chi connectivity index (χ0v) is 16.9. The van der Waals surface area contributed by atoms with Crippen molar-refractivity contribution < 1.29 is 17.6 Å². The van der Waals surface area contributed by atoms with Gasteiger partial charge in [-0.15, -0.1) is 0 Å². The van der Waals surface area contributed by atoms with Gasteiger partial charge in [0.1, 0.15) is 12.4 Å². The molecule has 6 nitrogen and oxygen atoms in total. The molecule has 0 radical (unpaired) electrons. The summed E-state index contributed by atoms with van der Waals surface area (Å²) < 4.78 is 42.1. The van der Waals surface area contributed by atoms with E-state index in [-0.39, 0.29) is 30.4 Å². The van der Waals surface area contributed by atoms with Crippen LogP contribution in [-0.4, -0.2) is 54.3 Å². The first kappa shape index (κ1) is 19.6. The predicted octanol–water partition coefficient (Wildman–Crippen LogP) is 2.62. The van der Waals surface area contributed by atoms with E-state index < -0.39 is 15.8 Å². The van der Waals surface area contributed by atoms with Crippen molar-refractivity contribution in [2.45, 2.75) is 18.4 Å². The Morgan fingerprint density at radius 2 is 1.72 bits per heavy atom. The Morgan fingerprint density at radius 1 is 1.00 bits per heavy atom. The summed E-state index contributed by atoms with van der Waals surface area (Å²) in [6, 6.07) is 15.0. The molecule has 0 atom stereocenters. The lowest BCUT2D eigenvalue weighted by atomic mass is 10.2. The second-order valence-corrected chi connectivity index (χ2v) is 9.11. The molecule has 0 aliphatic carbocycles. The molecule has 8 heteroatoms. The van der Waals surface area contributed by atoms with Gasteiger partial charge in [0.2, 0.25) is 15.9 Å². The highest BCUT2D eigenvalue weighted by Crippen LogP contribution is 2.21. The highest BCUT2D eigenvalue weighted by Gasteiger charge is 2.30. The highest BCUT2D eigenvalue weighted by molar-refractivity contribution is 7.89. The van der Waals surface area contributed by atoms with E-state index in [9.17, 15) is 17.6 Å². The minimum atomic E-state index is -3.77. The number of amides is 1. The van der Waals surface area contributed by atoms with Gasteiger partial charge in [0.25, 0.3) is 0 Å². The Hall–Kier alpha value is -2.71. The van der Waals surface area contributed by atoms with Crippen LogP contribution in [0.4, 0.5) is 4.39 Å². The number of para-hydroxylation sites is 1. The van der Waals surface area contributed by atoms with Crippen LogP contribution in [0.25, 0.3) is 10.9 Å². The molecule has 0 unspecified atom stereocenters. The summed E-state index contributed by atoms with van der Waals surface area (Å²) in [5, 5.41) is 1.09. The maximum absolute atomic E-state index is 13.4. The van der Waals surface area contributed by atoms with Crippen molar-refractivity contribution in [3.63, 3.8) is 0 Å². The molecule has 0 saturated carbocycles. The first-order valence-corrected chi connectivity index (χ1v) is 10.9. The SMILES string of the molecule is Cc1cc2ccccc2n1CC(=O)N1CCN(S(=O)(=O)c2cccc(F)c2)CC1. The number of benzene rings is 2. The molecule has 2 aromatic carbocycles. The summed E-state index contributed by atoms with van der Waals surface area (Å²) in [5.41, 5.74) is 2.01.